The topological polar surface area (TPSA) is 42.1 Å². The van der Waals surface area contributed by atoms with Gasteiger partial charge in [0.25, 0.3) is 0 Å². The molecule has 1 saturated heterocycles. The van der Waals surface area contributed by atoms with Gasteiger partial charge in [-0.1, -0.05) is 6.07 Å². The standard InChI is InChI=1S/C14H15BrFN3S.ClH/c15-11-4-3-9(6-12(11)16)13-2-1-5-19(13)8-10-7-18-14(17)20-10;/h3-4,6-7,13H,1-2,5,8H2,(H2,17,18);1H. The number of nitrogens with two attached hydrogens (primary N) is 1. The number of nitrogens with zero attached hydrogens (tertiary/aromatic N) is 2. The van der Waals surface area contributed by atoms with Gasteiger partial charge in [0.15, 0.2) is 5.13 Å². The van der Waals surface area contributed by atoms with Gasteiger partial charge in [0.05, 0.1) is 4.47 Å². The van der Waals surface area contributed by atoms with E-state index < -0.39 is 0 Å². The van der Waals surface area contributed by atoms with Crippen LogP contribution in [0.1, 0.15) is 29.3 Å². The van der Waals surface area contributed by atoms with Crippen molar-refractivity contribution in [2.45, 2.75) is 25.4 Å². The highest BCUT2D eigenvalue weighted by atomic mass is 79.9. The third-order valence-corrected chi connectivity index (χ3v) is 5.08. The smallest absolute Gasteiger partial charge is 0.180 e. The minimum absolute atomic E-state index is 0. The van der Waals surface area contributed by atoms with E-state index in [9.17, 15) is 4.39 Å². The number of benzene rings is 1. The van der Waals surface area contributed by atoms with Crippen LogP contribution in [0.3, 0.4) is 0 Å². The Labute approximate surface area is 141 Å². The number of hydrogen-bond donors (Lipinski definition) is 1. The quantitative estimate of drug-likeness (QED) is 0.842. The summed E-state index contributed by atoms with van der Waals surface area (Å²) in [6, 6.07) is 5.69. The molecule has 1 atom stereocenters. The Morgan fingerprint density at radius 2 is 2.29 bits per heavy atom. The van der Waals surface area contributed by atoms with Crippen molar-refractivity contribution in [1.29, 1.82) is 0 Å². The molecule has 0 saturated carbocycles. The fourth-order valence-corrected chi connectivity index (χ4v) is 3.66. The van der Waals surface area contributed by atoms with Gasteiger partial charge < -0.3 is 5.73 Å². The molecule has 1 aromatic carbocycles. The molecule has 0 bridgehead atoms. The molecule has 1 fully saturated rings. The Morgan fingerprint density at radius 1 is 1.48 bits per heavy atom. The van der Waals surface area contributed by atoms with Crippen molar-refractivity contribution >= 4 is 44.8 Å². The van der Waals surface area contributed by atoms with Crippen LogP contribution in [0.4, 0.5) is 9.52 Å². The summed E-state index contributed by atoms with van der Waals surface area (Å²) < 4.78 is 14.2. The van der Waals surface area contributed by atoms with Gasteiger partial charge in [-0.15, -0.1) is 23.7 Å². The number of hydrogen-bond acceptors (Lipinski definition) is 4. The second-order valence-corrected chi connectivity index (χ2v) is 6.97. The molecular weight excluding hydrogens is 377 g/mol. The second-order valence-electron chi connectivity index (χ2n) is 4.97. The lowest BCUT2D eigenvalue weighted by Crippen LogP contribution is -2.22. The molecule has 7 heteroatoms. The summed E-state index contributed by atoms with van der Waals surface area (Å²) in [7, 11) is 0. The SMILES string of the molecule is Cl.Nc1ncc(CN2CCCC2c2ccc(Br)c(F)c2)s1. The summed E-state index contributed by atoms with van der Waals surface area (Å²) in [6.07, 6.45) is 4.03. The van der Waals surface area contributed by atoms with Crippen LogP contribution < -0.4 is 5.73 Å². The lowest BCUT2D eigenvalue weighted by atomic mass is 10.0. The predicted molar refractivity (Wildman–Crippen MR) is 90.3 cm³/mol. The van der Waals surface area contributed by atoms with Gasteiger partial charge in [-0.05, 0) is 53.0 Å². The van der Waals surface area contributed by atoms with Crippen LogP contribution in [0.2, 0.25) is 0 Å². The Bertz CT molecular complexity index is 622. The van der Waals surface area contributed by atoms with Crippen LogP contribution in [0.15, 0.2) is 28.9 Å². The highest BCUT2D eigenvalue weighted by molar-refractivity contribution is 9.10. The monoisotopic (exact) mass is 391 g/mol. The fraction of sp³-hybridized carbons (Fsp3) is 0.357. The summed E-state index contributed by atoms with van der Waals surface area (Å²) in [6.45, 7) is 1.86. The highest BCUT2D eigenvalue weighted by Crippen LogP contribution is 2.35. The van der Waals surface area contributed by atoms with Crippen molar-refractivity contribution in [3.05, 3.63) is 45.1 Å². The first-order valence-electron chi connectivity index (χ1n) is 6.52. The van der Waals surface area contributed by atoms with Gasteiger partial charge >= 0.3 is 0 Å². The maximum atomic E-state index is 13.7. The molecule has 1 aliphatic rings. The number of likely N-dealkylation sites (tertiary alicyclic amines) is 1. The first-order valence-corrected chi connectivity index (χ1v) is 8.13. The Morgan fingerprint density at radius 3 is 2.95 bits per heavy atom. The van der Waals surface area contributed by atoms with Crippen LogP contribution in [-0.4, -0.2) is 16.4 Å². The molecule has 0 radical (unpaired) electrons. The molecule has 21 heavy (non-hydrogen) atoms. The summed E-state index contributed by atoms with van der Waals surface area (Å²) in [5, 5.41) is 0.602. The van der Waals surface area contributed by atoms with Crippen molar-refractivity contribution < 1.29 is 4.39 Å². The first kappa shape index (κ1) is 16.7. The van der Waals surface area contributed by atoms with Gasteiger partial charge in [0.2, 0.25) is 0 Å². The van der Waals surface area contributed by atoms with E-state index in [4.69, 9.17) is 5.73 Å². The molecule has 0 spiro atoms. The normalized spacial score (nSPS) is 18.7. The number of anilines is 1. The van der Waals surface area contributed by atoms with Crippen molar-refractivity contribution in [2.75, 3.05) is 12.3 Å². The van der Waals surface area contributed by atoms with Crippen LogP contribution in [0.5, 0.6) is 0 Å². The molecule has 114 valence electrons. The van der Waals surface area contributed by atoms with E-state index in [-0.39, 0.29) is 24.3 Å². The van der Waals surface area contributed by atoms with Crippen LogP contribution in [0, 0.1) is 5.82 Å². The predicted octanol–water partition coefficient (Wildman–Crippen LogP) is 4.39. The van der Waals surface area contributed by atoms with Gasteiger partial charge in [-0.3, -0.25) is 4.90 Å². The van der Waals surface area contributed by atoms with Crippen LogP contribution in [-0.2, 0) is 6.54 Å². The Kier molecular flexibility index (Phi) is 5.60. The first-order chi connectivity index (χ1) is 9.63. The van der Waals surface area contributed by atoms with Crippen molar-refractivity contribution in [1.82, 2.24) is 9.88 Å². The van der Waals surface area contributed by atoms with E-state index in [0.29, 0.717) is 9.60 Å². The van der Waals surface area contributed by atoms with E-state index in [1.807, 2.05) is 12.3 Å². The molecule has 0 amide bonds. The molecule has 1 unspecified atom stereocenters. The summed E-state index contributed by atoms with van der Waals surface area (Å²) in [4.78, 5) is 7.62. The Hall–Kier alpha value is -0.690. The van der Waals surface area contributed by atoms with Gasteiger partial charge in [0, 0.05) is 23.7 Å². The fourth-order valence-electron chi connectivity index (χ4n) is 2.71. The Balaban J connectivity index is 0.00000161. The zero-order chi connectivity index (χ0) is 14.1. The maximum absolute atomic E-state index is 13.7. The van der Waals surface area contributed by atoms with E-state index in [1.54, 1.807) is 12.1 Å². The summed E-state index contributed by atoms with van der Waals surface area (Å²) in [5.41, 5.74) is 6.71. The molecule has 2 heterocycles. The molecular formula is C14H16BrClFN3S. The lowest BCUT2D eigenvalue weighted by molar-refractivity contribution is 0.250. The average Bonchev–Trinajstić information content (AvgIpc) is 3.03. The van der Waals surface area contributed by atoms with Crippen LogP contribution in [0.25, 0.3) is 0 Å². The maximum Gasteiger partial charge on any atom is 0.180 e. The number of halogens is 3. The second kappa shape index (κ2) is 7.05. The summed E-state index contributed by atoms with van der Waals surface area (Å²) >= 11 is 4.72. The van der Waals surface area contributed by atoms with E-state index in [2.05, 4.69) is 25.8 Å². The van der Waals surface area contributed by atoms with Crippen molar-refractivity contribution in [2.24, 2.45) is 0 Å². The van der Waals surface area contributed by atoms with Crippen molar-refractivity contribution in [3.63, 3.8) is 0 Å². The van der Waals surface area contributed by atoms with Crippen LogP contribution >= 0.6 is 39.7 Å². The third-order valence-electron chi connectivity index (χ3n) is 3.62. The largest absolute Gasteiger partial charge is 0.375 e. The number of aromatic nitrogens is 1. The van der Waals surface area contributed by atoms with Crippen molar-refractivity contribution in [3.8, 4) is 0 Å². The minimum Gasteiger partial charge on any atom is -0.375 e. The molecule has 0 aliphatic carbocycles. The molecule has 3 rings (SSSR count). The molecule has 3 nitrogen and oxygen atoms in total. The molecule has 2 N–H and O–H groups in total. The minimum atomic E-state index is -0.198. The van der Waals surface area contributed by atoms with E-state index in [1.165, 1.54) is 11.3 Å². The highest BCUT2D eigenvalue weighted by Gasteiger charge is 2.26. The molecule has 2 aromatic rings. The van der Waals surface area contributed by atoms with Gasteiger partial charge in [-0.2, -0.15) is 0 Å². The van der Waals surface area contributed by atoms with Gasteiger partial charge in [0.1, 0.15) is 5.82 Å². The zero-order valence-electron chi connectivity index (χ0n) is 11.3. The number of nitrogen functional groups attached to an aromatic ring is 1. The van der Waals surface area contributed by atoms with Gasteiger partial charge in [-0.25, -0.2) is 9.37 Å². The summed E-state index contributed by atoms with van der Waals surface area (Å²) in [5.74, 6) is -0.198. The van der Waals surface area contributed by atoms with E-state index >= 15 is 0 Å². The average molecular weight is 393 g/mol. The number of thiazole rings is 1. The number of rotatable bonds is 3. The lowest BCUT2D eigenvalue weighted by Gasteiger charge is -2.24. The third kappa shape index (κ3) is 3.74. The molecule has 1 aliphatic heterocycles. The zero-order valence-corrected chi connectivity index (χ0v) is 14.5. The van der Waals surface area contributed by atoms with E-state index in [0.717, 1.165) is 36.4 Å². The molecule has 1 aromatic heterocycles.